The minimum atomic E-state index is -1.77. The van der Waals surface area contributed by atoms with Gasteiger partial charge >= 0.3 is 35.8 Å². The second-order valence-electron chi connectivity index (χ2n) is 34.4. The lowest BCUT2D eigenvalue weighted by Gasteiger charge is -2.33. The molecule has 1 saturated carbocycles. The van der Waals surface area contributed by atoms with Gasteiger partial charge in [-0.15, -0.1) is 0 Å². The number of aliphatic hydroxyl groups is 5. The first kappa shape index (κ1) is 112. The fraction of sp³-hybridized carbons (Fsp3) is 0.602. The summed E-state index contributed by atoms with van der Waals surface area (Å²) in [4.78, 5) is 218. The number of unbranched alkanes of at least 4 members (excludes halogenated alkanes) is 1. The molecule has 4 aromatic rings. The van der Waals surface area contributed by atoms with Gasteiger partial charge in [-0.3, -0.25) is 116 Å². The first-order valence-electron chi connectivity index (χ1n) is 45.1. The molecule has 48 heteroatoms. The molecule has 3 saturated heterocycles. The van der Waals surface area contributed by atoms with E-state index in [1.165, 1.54) is 45.0 Å². The van der Waals surface area contributed by atoms with Crippen molar-refractivity contribution in [3.63, 3.8) is 0 Å². The Morgan fingerprint density at radius 3 is 1.35 bits per heavy atom. The number of phenolic OH excluding ortho intramolecular Hbond substituents is 1. The molecule has 4 heterocycles. The number of fused-ring (bicyclic) bond motifs is 1. The summed E-state index contributed by atoms with van der Waals surface area (Å²) in [6.07, 6.45) is -0.991. The Kier molecular flexibility index (Phi) is 47.5. The number of hydrogen-bond acceptors (Lipinski definition) is 33. The van der Waals surface area contributed by atoms with Crippen molar-refractivity contribution >= 4 is 121 Å². The Morgan fingerprint density at radius 1 is 0.471 bits per heavy atom. The number of amides is 8. The number of hydrogen-bond donors (Lipinski definition) is 23. The number of aromatic hydroxyl groups is 1. The molecule has 0 spiro atoms. The Labute approximate surface area is 794 Å². The maximum atomic E-state index is 15.3. The molecule has 2 unspecified atom stereocenters. The van der Waals surface area contributed by atoms with Crippen LogP contribution in [0.1, 0.15) is 69.6 Å². The number of nitrogens with two attached hydrogens (primary N) is 1. The third kappa shape index (κ3) is 39.8. The highest BCUT2D eigenvalue weighted by molar-refractivity contribution is 8.76. The van der Waals surface area contributed by atoms with Crippen molar-refractivity contribution in [2.24, 2.45) is 5.73 Å². The van der Waals surface area contributed by atoms with Gasteiger partial charge in [0.25, 0.3) is 0 Å². The van der Waals surface area contributed by atoms with Crippen LogP contribution in [-0.4, -0.2) is 461 Å². The van der Waals surface area contributed by atoms with E-state index in [0.29, 0.717) is 99.2 Å². The lowest BCUT2D eigenvalue weighted by atomic mass is 10.0. The number of ketones is 1. The second-order valence-corrected chi connectivity index (χ2v) is 37.0. The Balaban J connectivity index is 0.000000567. The summed E-state index contributed by atoms with van der Waals surface area (Å²) < 4.78 is 0. The third-order valence-corrected chi connectivity index (χ3v) is 25.9. The number of aromatic nitrogens is 1. The number of aliphatic carboxylic acids is 6. The molecule has 0 radical (unpaired) electrons. The normalized spacial score (nSPS) is 22.1. The SMILES string of the molecule is CC(O)[C@@H]1NC(=O)[C@H](CCCCN)NC(=O)[C@@H](Cc2c[nH]c3ccccc23)NC(=O)[C@H](Cc2ccc(O)cc2)NC(=O)[C@@H](NC(=O)[C@@H](Cc2ccccc2)NC(=O)CN2CCN(CC(=O)O)CCN(CC(=O)O)CCN(CC(=O)O)CC2)CSSC[C@@H](C(=O)N[C@H](CO)C(C)O)NC1=O.C[C@@H](O)[C@@H](CO)NC1(C(=O)CN2CCN(CC(=O)O)CCN(CC(=O)O)CCN(CC(=O)O)CC2)CC1. The highest BCUT2D eigenvalue weighted by Gasteiger charge is 2.51. The van der Waals surface area contributed by atoms with Crippen LogP contribution in [0.25, 0.3) is 10.9 Å². The summed E-state index contributed by atoms with van der Waals surface area (Å²) in [6.45, 7) is 4.23. The van der Waals surface area contributed by atoms with Crippen molar-refractivity contribution < 1.29 is 133 Å². The van der Waals surface area contributed by atoms with Gasteiger partial charge in [0.05, 0.1) is 102 Å². The number of benzene rings is 3. The maximum Gasteiger partial charge on any atom is 0.317 e. The summed E-state index contributed by atoms with van der Waals surface area (Å²) in [5, 5.41) is 144. The maximum absolute atomic E-state index is 15.3. The van der Waals surface area contributed by atoms with Crippen molar-refractivity contribution in [1.29, 1.82) is 0 Å². The van der Waals surface area contributed by atoms with Crippen LogP contribution in [0.5, 0.6) is 5.75 Å². The van der Waals surface area contributed by atoms with E-state index in [0.717, 1.165) is 21.6 Å². The number of aromatic amines is 1. The van der Waals surface area contributed by atoms with Gasteiger partial charge in [-0.2, -0.15) is 0 Å². The lowest BCUT2D eigenvalue weighted by molar-refractivity contribution is -0.140. The van der Waals surface area contributed by atoms with Crippen LogP contribution in [0.3, 0.4) is 0 Å². The van der Waals surface area contributed by atoms with Crippen molar-refractivity contribution in [2.75, 3.05) is 188 Å². The number of carbonyl (C=O) groups is 15. The predicted molar refractivity (Wildman–Crippen MR) is 498 cm³/mol. The molecule has 24 N–H and O–H groups in total. The van der Waals surface area contributed by atoms with Gasteiger partial charge in [-0.25, -0.2) is 0 Å². The van der Waals surface area contributed by atoms with Crippen molar-refractivity contribution in [2.45, 2.75) is 150 Å². The summed E-state index contributed by atoms with van der Waals surface area (Å²) in [6, 6.07) is 8.57. The van der Waals surface area contributed by atoms with E-state index in [9.17, 15) is 119 Å². The van der Waals surface area contributed by atoms with E-state index >= 15 is 14.4 Å². The zero-order chi connectivity index (χ0) is 99.7. The number of carboxylic acid groups (broad SMARTS) is 6. The first-order valence-corrected chi connectivity index (χ1v) is 47.6. The third-order valence-electron chi connectivity index (χ3n) is 23.5. The van der Waals surface area contributed by atoms with Crippen LogP contribution in [0.4, 0.5) is 0 Å². The minimum absolute atomic E-state index is 0.0535. The van der Waals surface area contributed by atoms with Gasteiger partial charge in [-0.05, 0) is 94.3 Å². The topological polar surface area (TPSA) is 675 Å². The van der Waals surface area contributed by atoms with Gasteiger partial charge in [0, 0.05) is 153 Å². The van der Waals surface area contributed by atoms with E-state index in [4.69, 9.17) is 5.73 Å². The number of nitrogens with one attached hydrogen (secondary N) is 10. The van der Waals surface area contributed by atoms with Crippen LogP contribution < -0.4 is 53.6 Å². The first-order chi connectivity index (χ1) is 64.7. The highest BCUT2D eigenvalue weighted by atomic mass is 33.1. The van der Waals surface area contributed by atoms with Crippen LogP contribution in [0, 0.1) is 0 Å². The Morgan fingerprint density at radius 2 is 0.897 bits per heavy atom. The van der Waals surface area contributed by atoms with E-state index in [1.807, 2.05) is 4.90 Å². The van der Waals surface area contributed by atoms with Crippen molar-refractivity contribution in [1.82, 2.24) is 92.0 Å². The molecule has 0 bridgehead atoms. The molecule has 1 aromatic heterocycles. The number of carboxylic acids is 6. The number of rotatable bonds is 39. The number of H-pyrrole nitrogens is 1. The van der Waals surface area contributed by atoms with E-state index in [2.05, 4.69) is 52.8 Å². The summed E-state index contributed by atoms with van der Waals surface area (Å²) in [5.74, 6) is -14.8. The van der Waals surface area contributed by atoms with Gasteiger partial charge in [0.2, 0.25) is 47.3 Å². The average Bonchev–Trinajstić information content (AvgIpc) is 1.62. The van der Waals surface area contributed by atoms with Crippen LogP contribution in [-0.2, 0) is 91.2 Å². The predicted octanol–water partition coefficient (Wildman–Crippen LogP) is -6.57. The Bertz CT molecular complexity index is 4520. The number of para-hydroxylation sites is 1. The quantitative estimate of drug-likeness (QED) is 0.0146. The second kappa shape index (κ2) is 57.5. The summed E-state index contributed by atoms with van der Waals surface area (Å²) >= 11 is 0. The number of aliphatic hydroxyl groups excluding tert-OH is 5. The van der Waals surface area contributed by atoms with E-state index in [-0.39, 0.29) is 153 Å². The molecule has 1 aliphatic carbocycles. The van der Waals surface area contributed by atoms with Crippen LogP contribution >= 0.6 is 21.6 Å². The number of Topliss-reactive ketones (excluding diaryl/α,β-unsaturated/α-hetero) is 1. The Hall–Kier alpha value is -10.6. The number of phenols is 1. The molecule has 3 aliphatic heterocycles. The molecule has 3 aromatic carbocycles. The van der Waals surface area contributed by atoms with Crippen LogP contribution in [0.15, 0.2) is 85.1 Å². The van der Waals surface area contributed by atoms with Gasteiger partial charge in [0.1, 0.15) is 48.0 Å². The van der Waals surface area contributed by atoms with Crippen molar-refractivity contribution in [3.05, 3.63) is 102 Å². The highest BCUT2D eigenvalue weighted by Crippen LogP contribution is 2.37. The monoisotopic (exact) mass is 1950 g/mol. The molecule has 12 atom stereocenters. The van der Waals surface area contributed by atoms with Crippen LogP contribution in [0.2, 0.25) is 0 Å². The van der Waals surface area contributed by atoms with Crippen molar-refractivity contribution in [3.8, 4) is 5.75 Å². The molecule has 754 valence electrons. The van der Waals surface area contributed by atoms with Gasteiger partial charge in [-0.1, -0.05) is 82.3 Å². The van der Waals surface area contributed by atoms with E-state index < -0.39 is 188 Å². The number of nitrogens with zero attached hydrogens (tertiary/aromatic N) is 8. The number of carbonyl (C=O) groups excluding carboxylic acids is 9. The molecule has 46 nitrogen and oxygen atoms in total. The average molecular weight is 1950 g/mol. The molecule has 8 rings (SSSR count). The summed E-state index contributed by atoms with van der Waals surface area (Å²) in [7, 11) is 1.81. The fourth-order valence-electron chi connectivity index (χ4n) is 15.5. The zero-order valence-corrected chi connectivity index (χ0v) is 78.3. The molecule has 8 amide bonds. The zero-order valence-electron chi connectivity index (χ0n) is 76.6. The lowest BCUT2D eigenvalue weighted by Crippen LogP contribution is -2.62. The largest absolute Gasteiger partial charge is 0.508 e. The fourth-order valence-corrected chi connectivity index (χ4v) is 17.8. The standard InChI is InChI=1S/C65H92N14O18S2.C23H41N5O9/c1-39(81)51(36-80)72-64(96)53-38-99-98-37-52(73-60(92)48(28-41-10-4-3-5-11-41)68-54(84)32-76-20-22-77(33-55(85)86)24-26-79(35-57(89)90)27-25-78(23-21-76)34-56(87)88)63(95)70-49(29-42-15-17-44(83)18-16-42)61(93)71-50(30-43-31-67-46-13-7-6-12-45(43)46)62(94)69-47(14-8-9-19-66)59(91)75-58(40(2)82)65(97)74-53;1-17(30)18(16-29)24-23(2-3-23)19(31)12-25-4-6-26(13-20(32)33)8-10-28(15-22(36)37)11-9-27(7-5-25)14-21(34)35/h3-7,10-13,15-18,31,39-40,47-53,58,67,80-83H,8-9,14,19-30,32-38,66H2,1-2H3,(H,68,84)(H,69,94)(H,70,95)(H,71,93)(H,72,96)(H,73,92)(H,74,97)(H,75,91)(H,85,86)(H,87,88)(H,89,90);17-18,24,29-30H,2-16H2,1H3,(H,32,33)(H,34,35)(H,36,37)/t39?,40?,47-,48+,49-,50+,51+,52-,53-,58-;17-,18-/m01/s1. The molecule has 4 aliphatic rings. The molecule has 136 heavy (non-hydrogen) atoms. The summed E-state index contributed by atoms with van der Waals surface area (Å²) in [5.41, 5.74) is 7.22. The smallest absolute Gasteiger partial charge is 0.317 e. The van der Waals surface area contributed by atoms with E-state index in [1.54, 1.807) is 95.1 Å². The molecular weight excluding hydrogens is 1820 g/mol. The minimum Gasteiger partial charge on any atom is -0.508 e. The van der Waals surface area contributed by atoms with Gasteiger partial charge < -0.3 is 115 Å². The molecule has 4 fully saturated rings. The molecular formula is C88H133N19O27S2. The van der Waals surface area contributed by atoms with Gasteiger partial charge in [0.15, 0.2) is 5.78 Å².